The number of hydrogen-bond donors (Lipinski definition) is 5. The van der Waals surface area contributed by atoms with Crippen molar-refractivity contribution < 1.29 is 24.9 Å². The molecule has 11 nitrogen and oxygen atoms in total. The van der Waals surface area contributed by atoms with Crippen LogP contribution >= 0.6 is 0 Å². The van der Waals surface area contributed by atoms with Gasteiger partial charge in [0.25, 0.3) is 5.56 Å². The topological polar surface area (TPSA) is 187 Å². The maximum absolute atomic E-state index is 12.6. The lowest BCUT2D eigenvalue weighted by Gasteiger charge is -2.28. The summed E-state index contributed by atoms with van der Waals surface area (Å²) in [6.07, 6.45) is -2.88. The number of hydrogen-bond acceptors (Lipinski definition) is 9. The first-order valence-electron chi connectivity index (χ1n) is 7.32. The Balaban J connectivity index is 2.34. The molecule has 3 rings (SSSR count). The van der Waals surface area contributed by atoms with Gasteiger partial charge < -0.3 is 31.5 Å². The molecule has 25 heavy (non-hydrogen) atoms. The van der Waals surface area contributed by atoms with Crippen LogP contribution in [0.3, 0.4) is 0 Å². The van der Waals surface area contributed by atoms with Gasteiger partial charge in [-0.05, 0) is 6.92 Å². The van der Waals surface area contributed by atoms with Crippen molar-refractivity contribution in [3.8, 4) is 0 Å². The second kappa shape index (κ2) is 5.74. The van der Waals surface area contributed by atoms with Crippen LogP contribution in [-0.4, -0.2) is 60.2 Å². The smallest absolute Gasteiger partial charge is 0.255 e. The number of rotatable bonds is 3. The summed E-state index contributed by atoms with van der Waals surface area (Å²) in [6.45, 7) is 0.680. The summed E-state index contributed by atoms with van der Waals surface area (Å²) < 4.78 is 6.39. The molecule has 134 valence electrons. The van der Waals surface area contributed by atoms with Gasteiger partial charge in [-0.1, -0.05) is 0 Å². The van der Waals surface area contributed by atoms with Gasteiger partial charge in [-0.2, -0.15) is 0 Å². The maximum atomic E-state index is 12.6. The highest BCUT2D eigenvalue weighted by Crippen LogP contribution is 2.38. The molecule has 0 aromatic carbocycles. The van der Waals surface area contributed by atoms with Gasteiger partial charge in [0.2, 0.25) is 5.91 Å². The van der Waals surface area contributed by atoms with Crippen molar-refractivity contribution in [1.29, 1.82) is 0 Å². The number of fused-ring (bicyclic) bond motifs is 1. The first-order chi connectivity index (χ1) is 11.7. The fourth-order valence-corrected chi connectivity index (χ4v) is 2.99. The van der Waals surface area contributed by atoms with E-state index in [4.69, 9.17) is 16.2 Å². The van der Waals surface area contributed by atoms with Gasteiger partial charge in [-0.3, -0.25) is 14.2 Å². The standard InChI is InChI=1S/C14H17N5O6/c1-14(24)9(22)6(3-20)25-13(14)19-7(21)2-5(11(16)23)8-10(15)17-4-18-12(8)19/h2,4,6,9,13,20,22,24H,3H2,1H3,(H2,16,23)(H2,15,17,18)/t6?,9?,13?,14-/m1/s1. The molecule has 3 unspecified atom stereocenters. The molecule has 0 spiro atoms. The van der Waals surface area contributed by atoms with Gasteiger partial charge in [0.1, 0.15) is 30.0 Å². The lowest BCUT2D eigenvalue weighted by molar-refractivity contribution is -0.0963. The summed E-state index contributed by atoms with van der Waals surface area (Å²) >= 11 is 0. The normalized spacial score (nSPS) is 29.2. The number of aromatic nitrogens is 3. The third-order valence-corrected chi connectivity index (χ3v) is 4.29. The highest BCUT2D eigenvalue weighted by molar-refractivity contribution is 6.07. The number of nitrogens with zero attached hydrogens (tertiary/aromatic N) is 3. The van der Waals surface area contributed by atoms with Crippen LogP contribution in [-0.2, 0) is 4.74 Å². The third kappa shape index (κ3) is 2.44. The zero-order valence-electron chi connectivity index (χ0n) is 13.2. The van der Waals surface area contributed by atoms with E-state index in [1.165, 1.54) is 6.92 Å². The number of carbonyl (C=O) groups is 1. The van der Waals surface area contributed by atoms with Crippen LogP contribution in [0.2, 0.25) is 0 Å². The number of nitrogen functional groups attached to an aromatic ring is 1. The van der Waals surface area contributed by atoms with Gasteiger partial charge in [-0.25, -0.2) is 9.97 Å². The van der Waals surface area contributed by atoms with E-state index in [2.05, 4.69) is 9.97 Å². The first kappa shape index (κ1) is 17.2. The number of aliphatic hydroxyl groups excluding tert-OH is 2. The van der Waals surface area contributed by atoms with E-state index in [0.29, 0.717) is 0 Å². The molecule has 2 aromatic heterocycles. The Hall–Kier alpha value is -2.60. The minimum Gasteiger partial charge on any atom is -0.394 e. The van der Waals surface area contributed by atoms with Crippen LogP contribution in [0.15, 0.2) is 17.2 Å². The van der Waals surface area contributed by atoms with Crippen LogP contribution in [0.4, 0.5) is 5.82 Å². The molecule has 0 aliphatic carbocycles. The minimum absolute atomic E-state index is 0.0240. The number of nitrogens with two attached hydrogens (primary N) is 2. The minimum atomic E-state index is -1.92. The lowest BCUT2D eigenvalue weighted by Crippen LogP contribution is -2.46. The highest BCUT2D eigenvalue weighted by Gasteiger charge is 2.53. The van der Waals surface area contributed by atoms with Crippen LogP contribution in [0.5, 0.6) is 0 Å². The van der Waals surface area contributed by atoms with Crippen molar-refractivity contribution in [2.24, 2.45) is 5.73 Å². The summed E-state index contributed by atoms with van der Waals surface area (Å²) in [6, 6.07) is 0.933. The molecule has 1 amide bonds. The Kier molecular flexibility index (Phi) is 3.95. The maximum Gasteiger partial charge on any atom is 0.255 e. The molecule has 0 radical (unpaired) electrons. The average molecular weight is 351 g/mol. The highest BCUT2D eigenvalue weighted by atomic mass is 16.6. The number of aliphatic hydroxyl groups is 3. The molecule has 1 aliphatic heterocycles. The van der Waals surface area contributed by atoms with Crippen LogP contribution in [0.25, 0.3) is 11.0 Å². The number of carbonyl (C=O) groups excluding carboxylic acids is 1. The van der Waals surface area contributed by atoms with Gasteiger partial charge >= 0.3 is 0 Å². The van der Waals surface area contributed by atoms with Crippen molar-refractivity contribution in [2.45, 2.75) is 31.0 Å². The summed E-state index contributed by atoms with van der Waals surface area (Å²) in [7, 11) is 0. The van der Waals surface area contributed by atoms with Crippen molar-refractivity contribution in [2.75, 3.05) is 12.3 Å². The molecule has 1 saturated heterocycles. The summed E-state index contributed by atoms with van der Waals surface area (Å²) in [5, 5.41) is 30.0. The number of anilines is 1. The Morgan fingerprint density at radius 3 is 2.72 bits per heavy atom. The molecular formula is C14H17N5O6. The molecule has 0 saturated carbocycles. The second-order valence-electron chi connectivity index (χ2n) is 5.97. The number of primary amides is 1. The molecule has 7 N–H and O–H groups in total. The van der Waals surface area contributed by atoms with E-state index in [1.54, 1.807) is 0 Å². The van der Waals surface area contributed by atoms with E-state index in [0.717, 1.165) is 17.0 Å². The summed E-state index contributed by atoms with van der Waals surface area (Å²) in [5.41, 5.74) is 8.14. The SMILES string of the molecule is C[C@@]1(O)C(O)C(CO)OC1n1c(=O)cc(C(N)=O)c2c(N)ncnc21. The van der Waals surface area contributed by atoms with E-state index >= 15 is 0 Å². The molecule has 2 aromatic rings. The zero-order chi connectivity index (χ0) is 18.5. The van der Waals surface area contributed by atoms with Gasteiger partial charge in [0.05, 0.1) is 17.6 Å². The second-order valence-corrected chi connectivity index (χ2v) is 5.97. The predicted octanol–water partition coefficient (Wildman–Crippen LogP) is -2.53. The molecule has 3 heterocycles. The van der Waals surface area contributed by atoms with Crippen LogP contribution in [0, 0.1) is 0 Å². The molecule has 4 atom stereocenters. The fourth-order valence-electron chi connectivity index (χ4n) is 2.99. The number of pyridine rings is 1. The van der Waals surface area contributed by atoms with Gasteiger partial charge in [0, 0.05) is 6.07 Å². The Labute approximate surface area is 140 Å². The summed E-state index contributed by atoms with van der Waals surface area (Å²) in [4.78, 5) is 31.9. The molecule has 1 fully saturated rings. The van der Waals surface area contributed by atoms with Crippen LogP contribution < -0.4 is 17.0 Å². The first-order valence-corrected chi connectivity index (χ1v) is 7.32. The Bertz CT molecular complexity index is 910. The quantitative estimate of drug-likeness (QED) is 0.397. The van der Waals surface area contributed by atoms with Crippen molar-refractivity contribution in [1.82, 2.24) is 14.5 Å². The zero-order valence-corrected chi connectivity index (χ0v) is 13.2. The van der Waals surface area contributed by atoms with Crippen LogP contribution in [0.1, 0.15) is 23.5 Å². The monoisotopic (exact) mass is 351 g/mol. The lowest BCUT2D eigenvalue weighted by atomic mass is 9.96. The van der Waals surface area contributed by atoms with Crippen molar-refractivity contribution in [3.05, 3.63) is 28.3 Å². The molecule has 1 aliphatic rings. The van der Waals surface area contributed by atoms with Gasteiger partial charge in [-0.15, -0.1) is 0 Å². The Morgan fingerprint density at radius 1 is 1.48 bits per heavy atom. The third-order valence-electron chi connectivity index (χ3n) is 4.29. The van der Waals surface area contributed by atoms with E-state index in [1.807, 2.05) is 0 Å². The Morgan fingerprint density at radius 2 is 2.16 bits per heavy atom. The largest absolute Gasteiger partial charge is 0.394 e. The van der Waals surface area contributed by atoms with E-state index < -0.39 is 42.1 Å². The summed E-state index contributed by atoms with van der Waals surface area (Å²) in [5.74, 6) is -0.993. The molecule has 11 heteroatoms. The molecular weight excluding hydrogens is 334 g/mol. The van der Waals surface area contributed by atoms with Crippen molar-refractivity contribution >= 4 is 22.8 Å². The van der Waals surface area contributed by atoms with Gasteiger partial charge in [0.15, 0.2) is 11.9 Å². The molecule has 0 bridgehead atoms. The fraction of sp³-hybridized carbons (Fsp3) is 0.429. The van der Waals surface area contributed by atoms with E-state index in [-0.39, 0.29) is 22.4 Å². The number of amides is 1. The average Bonchev–Trinajstić information content (AvgIpc) is 2.77. The predicted molar refractivity (Wildman–Crippen MR) is 84.4 cm³/mol. The van der Waals surface area contributed by atoms with Crippen molar-refractivity contribution in [3.63, 3.8) is 0 Å². The van der Waals surface area contributed by atoms with E-state index in [9.17, 15) is 24.9 Å². The number of ether oxygens (including phenoxy) is 1.